The molecule has 7 heteroatoms. The van der Waals surface area contributed by atoms with Gasteiger partial charge in [-0.05, 0) is 30.2 Å². The van der Waals surface area contributed by atoms with E-state index in [9.17, 15) is 13.2 Å². The van der Waals surface area contributed by atoms with Gasteiger partial charge in [0.15, 0.2) is 0 Å². The van der Waals surface area contributed by atoms with Crippen molar-refractivity contribution in [3.05, 3.63) is 29.7 Å². The Morgan fingerprint density at radius 1 is 1.28 bits per heavy atom. The maximum atomic E-state index is 12.3. The molecule has 1 aliphatic heterocycles. The van der Waals surface area contributed by atoms with Crippen molar-refractivity contribution in [2.45, 2.75) is 17.5 Å². The summed E-state index contributed by atoms with van der Waals surface area (Å²) in [4.78, 5) is 4.53. The van der Waals surface area contributed by atoms with Crippen LogP contribution in [0.3, 0.4) is 0 Å². The van der Waals surface area contributed by atoms with E-state index in [0.717, 1.165) is 17.7 Å². The summed E-state index contributed by atoms with van der Waals surface area (Å²) in [6.07, 6.45) is -3.68. The van der Waals surface area contributed by atoms with Crippen molar-refractivity contribution < 1.29 is 17.7 Å². The summed E-state index contributed by atoms with van der Waals surface area (Å²) in [5.41, 5.74) is 1.67. The molecular weight excluding hydrogens is 265 g/mol. The van der Waals surface area contributed by atoms with Gasteiger partial charge in [-0.3, -0.25) is 0 Å². The summed E-state index contributed by atoms with van der Waals surface area (Å²) in [6.45, 7) is 0. The molecule has 0 unspecified atom stereocenters. The van der Waals surface area contributed by atoms with Crippen LogP contribution in [0.15, 0.2) is 27.6 Å². The highest BCUT2D eigenvalue weighted by atomic mass is 32.2. The van der Waals surface area contributed by atoms with E-state index in [2.05, 4.69) is 14.7 Å². The molecule has 1 aliphatic rings. The van der Waals surface area contributed by atoms with Crippen LogP contribution in [0.5, 0.6) is 0 Å². The SMILES string of the molecule is FC(F)(F)c1nc(-c2ccc3c(c2)CCS3)no1. The maximum absolute atomic E-state index is 12.3. The average Bonchev–Trinajstić information content (AvgIpc) is 2.96. The van der Waals surface area contributed by atoms with Crippen molar-refractivity contribution >= 4 is 11.8 Å². The van der Waals surface area contributed by atoms with Gasteiger partial charge in [0.2, 0.25) is 5.82 Å². The van der Waals surface area contributed by atoms with E-state index in [1.165, 1.54) is 4.90 Å². The lowest BCUT2D eigenvalue weighted by atomic mass is 10.1. The van der Waals surface area contributed by atoms with Gasteiger partial charge in [0, 0.05) is 16.2 Å². The summed E-state index contributed by atoms with van der Waals surface area (Å²) < 4.78 is 41.2. The van der Waals surface area contributed by atoms with Crippen LogP contribution >= 0.6 is 11.8 Å². The first-order valence-corrected chi connectivity index (χ1v) is 6.19. The van der Waals surface area contributed by atoms with E-state index in [4.69, 9.17) is 0 Å². The Kier molecular flexibility index (Phi) is 2.58. The van der Waals surface area contributed by atoms with Gasteiger partial charge in [-0.2, -0.15) is 18.2 Å². The van der Waals surface area contributed by atoms with Crippen molar-refractivity contribution in [3.63, 3.8) is 0 Å². The van der Waals surface area contributed by atoms with E-state index in [1.807, 2.05) is 12.1 Å². The minimum atomic E-state index is -4.60. The molecule has 0 aliphatic carbocycles. The van der Waals surface area contributed by atoms with Crippen molar-refractivity contribution in [2.24, 2.45) is 0 Å². The van der Waals surface area contributed by atoms with Crippen LogP contribution in [0.1, 0.15) is 11.5 Å². The molecule has 1 aromatic heterocycles. The molecule has 94 valence electrons. The number of nitrogens with zero attached hydrogens (tertiary/aromatic N) is 2. The zero-order valence-electron chi connectivity index (χ0n) is 8.99. The molecular formula is C11H7F3N2OS. The third-order valence-corrected chi connectivity index (χ3v) is 3.73. The number of aromatic nitrogens is 2. The summed E-state index contributed by atoms with van der Waals surface area (Å²) in [7, 11) is 0. The molecule has 1 aromatic carbocycles. The standard InChI is InChI=1S/C11H7F3N2OS/c12-11(13,14)10-15-9(16-17-10)7-1-2-8-6(5-7)3-4-18-8/h1-2,5H,3-4H2. The minimum Gasteiger partial charge on any atom is -0.329 e. The smallest absolute Gasteiger partial charge is 0.329 e. The molecule has 3 nitrogen and oxygen atoms in total. The second kappa shape index (κ2) is 4.01. The topological polar surface area (TPSA) is 38.9 Å². The van der Waals surface area contributed by atoms with Gasteiger partial charge in [0.1, 0.15) is 0 Å². The van der Waals surface area contributed by atoms with Crippen molar-refractivity contribution in [1.29, 1.82) is 0 Å². The first-order valence-electron chi connectivity index (χ1n) is 5.21. The Morgan fingerprint density at radius 3 is 2.83 bits per heavy atom. The number of aryl methyl sites for hydroxylation is 1. The molecule has 0 fully saturated rings. The second-order valence-electron chi connectivity index (χ2n) is 3.84. The third kappa shape index (κ3) is 1.98. The lowest BCUT2D eigenvalue weighted by Gasteiger charge is -2.00. The Balaban J connectivity index is 1.98. The predicted octanol–water partition coefficient (Wildman–Crippen LogP) is 3.40. The first-order chi connectivity index (χ1) is 8.54. The highest BCUT2D eigenvalue weighted by molar-refractivity contribution is 7.99. The highest BCUT2D eigenvalue weighted by Gasteiger charge is 2.38. The summed E-state index contributed by atoms with van der Waals surface area (Å²) in [6, 6.07) is 5.41. The Morgan fingerprint density at radius 2 is 2.11 bits per heavy atom. The van der Waals surface area contributed by atoms with Gasteiger partial charge >= 0.3 is 12.1 Å². The normalized spacial score (nSPS) is 14.8. The number of halogens is 3. The van der Waals surface area contributed by atoms with E-state index < -0.39 is 12.1 Å². The summed E-state index contributed by atoms with van der Waals surface area (Å²) >= 11 is 1.74. The molecule has 0 N–H and O–H groups in total. The van der Waals surface area contributed by atoms with Crippen molar-refractivity contribution in [2.75, 3.05) is 5.75 Å². The van der Waals surface area contributed by atoms with Gasteiger partial charge < -0.3 is 4.52 Å². The van der Waals surface area contributed by atoms with E-state index in [1.54, 1.807) is 17.8 Å². The minimum absolute atomic E-state index is 0.0259. The molecule has 0 amide bonds. The van der Waals surface area contributed by atoms with Gasteiger partial charge in [0.25, 0.3) is 0 Å². The quantitative estimate of drug-likeness (QED) is 0.797. The van der Waals surface area contributed by atoms with Gasteiger partial charge in [0.05, 0.1) is 0 Å². The lowest BCUT2D eigenvalue weighted by molar-refractivity contribution is -0.159. The zero-order valence-corrected chi connectivity index (χ0v) is 9.81. The monoisotopic (exact) mass is 272 g/mol. The third-order valence-electron chi connectivity index (χ3n) is 2.62. The van der Waals surface area contributed by atoms with Crippen LogP contribution in [0.2, 0.25) is 0 Å². The molecule has 2 aromatic rings. The van der Waals surface area contributed by atoms with Gasteiger partial charge in [-0.15, -0.1) is 11.8 Å². The highest BCUT2D eigenvalue weighted by Crippen LogP contribution is 2.34. The molecule has 0 radical (unpaired) electrons. The van der Waals surface area contributed by atoms with Crippen LogP contribution in [0.25, 0.3) is 11.4 Å². The van der Waals surface area contributed by atoms with Crippen molar-refractivity contribution in [1.82, 2.24) is 10.1 Å². The van der Waals surface area contributed by atoms with E-state index >= 15 is 0 Å². The number of hydrogen-bond acceptors (Lipinski definition) is 4. The van der Waals surface area contributed by atoms with E-state index in [0.29, 0.717) is 5.56 Å². The zero-order chi connectivity index (χ0) is 12.8. The van der Waals surface area contributed by atoms with Crippen LogP contribution in [0.4, 0.5) is 13.2 Å². The Bertz CT molecular complexity index is 594. The first kappa shape index (κ1) is 11.6. The van der Waals surface area contributed by atoms with Crippen LogP contribution in [0, 0.1) is 0 Å². The fourth-order valence-electron chi connectivity index (χ4n) is 1.78. The molecule has 0 bridgehead atoms. The number of hydrogen-bond donors (Lipinski definition) is 0. The van der Waals surface area contributed by atoms with Crippen molar-refractivity contribution in [3.8, 4) is 11.4 Å². The number of alkyl halides is 3. The Hall–Kier alpha value is -1.50. The molecule has 2 heterocycles. The van der Waals surface area contributed by atoms with E-state index in [-0.39, 0.29) is 5.82 Å². The molecule has 18 heavy (non-hydrogen) atoms. The van der Waals surface area contributed by atoms with Gasteiger partial charge in [-0.25, -0.2) is 0 Å². The van der Waals surface area contributed by atoms with Crippen LogP contribution in [-0.2, 0) is 12.6 Å². The number of benzene rings is 1. The molecule has 0 saturated heterocycles. The largest absolute Gasteiger partial charge is 0.471 e. The number of thioether (sulfide) groups is 1. The molecule has 0 atom stereocenters. The molecule has 0 saturated carbocycles. The van der Waals surface area contributed by atoms with Crippen LogP contribution < -0.4 is 0 Å². The maximum Gasteiger partial charge on any atom is 0.471 e. The summed E-state index contributed by atoms with van der Waals surface area (Å²) in [5, 5.41) is 3.37. The number of rotatable bonds is 1. The Labute approximate surface area is 104 Å². The fourth-order valence-corrected chi connectivity index (χ4v) is 2.83. The average molecular weight is 272 g/mol. The summed E-state index contributed by atoms with van der Waals surface area (Å²) in [5.74, 6) is -0.340. The fraction of sp³-hybridized carbons (Fsp3) is 0.273. The number of fused-ring (bicyclic) bond motifs is 1. The molecule has 3 rings (SSSR count). The van der Waals surface area contributed by atoms with Crippen LogP contribution in [-0.4, -0.2) is 15.9 Å². The second-order valence-corrected chi connectivity index (χ2v) is 4.98. The van der Waals surface area contributed by atoms with Gasteiger partial charge in [-0.1, -0.05) is 5.16 Å². The molecule has 0 spiro atoms. The lowest BCUT2D eigenvalue weighted by Crippen LogP contribution is -2.04. The predicted molar refractivity (Wildman–Crippen MR) is 59.2 cm³/mol.